The molecule has 0 fully saturated rings. The van der Waals surface area contributed by atoms with Gasteiger partial charge in [0.25, 0.3) is 0 Å². The van der Waals surface area contributed by atoms with Gasteiger partial charge in [0, 0.05) is 32.5 Å². The van der Waals surface area contributed by atoms with E-state index in [0.29, 0.717) is 26.4 Å². The summed E-state index contributed by atoms with van der Waals surface area (Å²) in [5.41, 5.74) is 0. The fourth-order valence-electron chi connectivity index (χ4n) is 4.99. The van der Waals surface area contributed by atoms with Gasteiger partial charge in [0.15, 0.2) is 0 Å². The summed E-state index contributed by atoms with van der Waals surface area (Å²) < 4.78 is 17.8. The van der Waals surface area contributed by atoms with Gasteiger partial charge >= 0.3 is 8.80 Å². The first kappa shape index (κ1) is 35.1. The van der Waals surface area contributed by atoms with Crippen molar-refractivity contribution in [1.29, 1.82) is 0 Å². The van der Waals surface area contributed by atoms with Gasteiger partial charge < -0.3 is 18.4 Å². The molecule has 1 N–H and O–H groups in total. The summed E-state index contributed by atoms with van der Waals surface area (Å²) in [7, 11) is -2.42. The maximum atomic E-state index is 8.78. The van der Waals surface area contributed by atoms with Crippen LogP contribution in [-0.2, 0) is 13.3 Å². The highest BCUT2D eigenvalue weighted by molar-refractivity contribution is 6.60. The Hall–Kier alpha value is 0.0569. The average Bonchev–Trinajstić information content (AvgIpc) is 2.85. The molecule has 0 spiro atoms. The predicted molar refractivity (Wildman–Crippen MR) is 154 cm³/mol. The van der Waals surface area contributed by atoms with Crippen molar-refractivity contribution in [2.45, 2.75) is 168 Å². The second-order valence-corrected chi connectivity index (χ2v) is 13.0. The quantitative estimate of drug-likeness (QED) is 0.0762. The molecule has 5 heteroatoms. The number of hydrogen-bond donors (Lipinski definition) is 1. The van der Waals surface area contributed by atoms with Crippen molar-refractivity contribution in [1.82, 2.24) is 0 Å². The molecule has 0 bridgehead atoms. The molecule has 0 saturated carbocycles. The van der Waals surface area contributed by atoms with Crippen LogP contribution in [0.1, 0.15) is 162 Å². The third-order valence-corrected chi connectivity index (χ3v) is 10.1. The Kier molecular flexibility index (Phi) is 28.7. The maximum absolute atomic E-state index is 8.78. The molecule has 0 heterocycles. The second-order valence-electron chi connectivity index (χ2n) is 10.2. The van der Waals surface area contributed by atoms with E-state index in [0.717, 1.165) is 12.5 Å². The van der Waals surface area contributed by atoms with Crippen LogP contribution in [0.2, 0.25) is 6.04 Å². The van der Waals surface area contributed by atoms with E-state index in [2.05, 4.69) is 0 Å². The van der Waals surface area contributed by atoms with Crippen LogP contribution in [-0.4, -0.2) is 40.3 Å². The van der Waals surface area contributed by atoms with E-state index in [4.69, 9.17) is 18.4 Å². The lowest BCUT2D eigenvalue weighted by atomic mass is 10.0. The standard InChI is InChI=1S/C30H64O4Si/c1-4-32-35(33-5-2,34-6-3)30-28-26-24-22-20-18-16-14-12-10-8-7-9-11-13-15-17-19-21-23-25-27-29-31/h31H,4-30H2,1-3H3. The molecule has 212 valence electrons. The smallest absolute Gasteiger partial charge is 0.396 e. The molecule has 0 aliphatic rings. The lowest BCUT2D eigenvalue weighted by Gasteiger charge is -2.28. The molecular weight excluding hydrogens is 452 g/mol. The van der Waals surface area contributed by atoms with E-state index in [1.54, 1.807) is 0 Å². The Labute approximate surface area is 221 Å². The zero-order valence-corrected chi connectivity index (χ0v) is 25.3. The molecule has 0 unspecified atom stereocenters. The predicted octanol–water partition coefficient (Wildman–Crippen LogP) is 9.61. The van der Waals surface area contributed by atoms with Gasteiger partial charge in [-0.15, -0.1) is 0 Å². The van der Waals surface area contributed by atoms with Gasteiger partial charge in [0.1, 0.15) is 0 Å². The van der Waals surface area contributed by atoms with Crippen LogP contribution >= 0.6 is 0 Å². The Bertz CT molecular complexity index is 378. The summed E-state index contributed by atoms with van der Waals surface area (Å²) >= 11 is 0. The van der Waals surface area contributed by atoms with E-state index < -0.39 is 8.80 Å². The minimum absolute atomic E-state index is 0.365. The molecule has 0 rings (SSSR count). The fraction of sp³-hybridized carbons (Fsp3) is 1.00. The molecule has 35 heavy (non-hydrogen) atoms. The highest BCUT2D eigenvalue weighted by atomic mass is 28.4. The zero-order chi connectivity index (χ0) is 25.7. The molecular formula is C30H64O4Si. The van der Waals surface area contributed by atoms with Crippen molar-refractivity contribution < 1.29 is 18.4 Å². The average molecular weight is 517 g/mol. The largest absolute Gasteiger partial charge is 0.500 e. The minimum Gasteiger partial charge on any atom is -0.396 e. The summed E-state index contributed by atoms with van der Waals surface area (Å²) in [6.45, 7) is 8.52. The van der Waals surface area contributed by atoms with Gasteiger partial charge in [0.2, 0.25) is 0 Å². The highest BCUT2D eigenvalue weighted by Crippen LogP contribution is 2.21. The molecule has 0 aromatic heterocycles. The normalized spacial score (nSPS) is 12.0. The maximum Gasteiger partial charge on any atom is 0.500 e. The monoisotopic (exact) mass is 516 g/mol. The molecule has 0 atom stereocenters. The minimum atomic E-state index is -2.42. The van der Waals surface area contributed by atoms with Crippen LogP contribution in [0.4, 0.5) is 0 Å². The summed E-state index contributed by atoms with van der Waals surface area (Å²) in [6.07, 6.45) is 30.0. The van der Waals surface area contributed by atoms with Gasteiger partial charge in [-0.25, -0.2) is 0 Å². The fourth-order valence-corrected chi connectivity index (χ4v) is 7.68. The van der Waals surface area contributed by atoms with Crippen LogP contribution in [0.5, 0.6) is 0 Å². The van der Waals surface area contributed by atoms with Crippen molar-refractivity contribution in [2.75, 3.05) is 26.4 Å². The van der Waals surface area contributed by atoms with Crippen molar-refractivity contribution in [3.05, 3.63) is 0 Å². The van der Waals surface area contributed by atoms with Crippen LogP contribution in [0.3, 0.4) is 0 Å². The first-order chi connectivity index (χ1) is 17.2. The van der Waals surface area contributed by atoms with Crippen LogP contribution in [0.25, 0.3) is 0 Å². The van der Waals surface area contributed by atoms with Gasteiger partial charge in [-0.1, -0.05) is 128 Å². The second kappa shape index (κ2) is 28.6. The molecule has 0 aliphatic heterocycles. The van der Waals surface area contributed by atoms with Crippen LogP contribution in [0.15, 0.2) is 0 Å². The van der Waals surface area contributed by atoms with Gasteiger partial charge in [0.05, 0.1) is 0 Å². The van der Waals surface area contributed by atoms with E-state index in [9.17, 15) is 0 Å². The third kappa shape index (κ3) is 24.2. The lowest BCUT2D eigenvalue weighted by Crippen LogP contribution is -2.45. The number of aliphatic hydroxyl groups is 1. The summed E-state index contributed by atoms with van der Waals surface area (Å²) in [5.74, 6) is 0. The Balaban J connectivity index is 3.32. The SMILES string of the molecule is CCO[Si](CCCCCCCCCCCCCCCCCCCCCCCCO)(OCC)OCC. The zero-order valence-electron chi connectivity index (χ0n) is 24.3. The first-order valence-electron chi connectivity index (χ1n) is 15.8. The van der Waals surface area contributed by atoms with Crippen LogP contribution in [0, 0.1) is 0 Å². The summed E-state index contributed by atoms with van der Waals surface area (Å²) in [5, 5.41) is 8.78. The molecule has 0 aromatic carbocycles. The molecule has 0 amide bonds. The molecule has 4 nitrogen and oxygen atoms in total. The number of aliphatic hydroxyl groups excluding tert-OH is 1. The van der Waals surface area contributed by atoms with Gasteiger partial charge in [-0.3, -0.25) is 0 Å². The van der Waals surface area contributed by atoms with Crippen molar-refractivity contribution in [3.63, 3.8) is 0 Å². The van der Waals surface area contributed by atoms with Crippen LogP contribution < -0.4 is 0 Å². The Morgan fingerprint density at radius 1 is 0.371 bits per heavy atom. The summed E-state index contributed by atoms with van der Waals surface area (Å²) in [4.78, 5) is 0. The van der Waals surface area contributed by atoms with Crippen molar-refractivity contribution in [2.24, 2.45) is 0 Å². The molecule has 0 aliphatic carbocycles. The van der Waals surface area contributed by atoms with Gasteiger partial charge in [-0.05, 0) is 33.6 Å². The number of hydrogen-bond acceptors (Lipinski definition) is 4. The molecule has 0 radical (unpaired) electrons. The Morgan fingerprint density at radius 3 is 0.829 bits per heavy atom. The van der Waals surface area contributed by atoms with E-state index in [1.165, 1.54) is 135 Å². The van der Waals surface area contributed by atoms with E-state index in [1.807, 2.05) is 20.8 Å². The number of rotatable bonds is 30. The highest BCUT2D eigenvalue weighted by Gasteiger charge is 2.39. The van der Waals surface area contributed by atoms with Crippen molar-refractivity contribution in [3.8, 4) is 0 Å². The third-order valence-electron chi connectivity index (χ3n) is 6.98. The van der Waals surface area contributed by atoms with Crippen molar-refractivity contribution >= 4 is 8.80 Å². The molecule has 0 saturated heterocycles. The van der Waals surface area contributed by atoms with Gasteiger partial charge in [-0.2, -0.15) is 0 Å². The topological polar surface area (TPSA) is 47.9 Å². The number of unbranched alkanes of at least 4 members (excludes halogenated alkanes) is 21. The summed E-state index contributed by atoms with van der Waals surface area (Å²) in [6, 6.07) is 0.968. The molecule has 0 aromatic rings. The Morgan fingerprint density at radius 2 is 0.600 bits per heavy atom. The first-order valence-corrected chi connectivity index (χ1v) is 17.7. The van der Waals surface area contributed by atoms with E-state index >= 15 is 0 Å². The van der Waals surface area contributed by atoms with E-state index in [-0.39, 0.29) is 0 Å². The lowest BCUT2D eigenvalue weighted by molar-refractivity contribution is 0.0706.